The van der Waals surface area contributed by atoms with Gasteiger partial charge in [-0.05, 0) is 22.0 Å². The Morgan fingerprint density at radius 1 is 1.55 bits per heavy atom. The van der Waals surface area contributed by atoms with Crippen LogP contribution in [0.1, 0.15) is 5.01 Å². The third-order valence-electron chi connectivity index (χ3n) is 2.12. The highest BCUT2D eigenvalue weighted by Crippen LogP contribution is 2.36. The first-order chi connectivity index (χ1) is 9.51. The van der Waals surface area contributed by atoms with Gasteiger partial charge < -0.3 is 4.74 Å². The Hall–Kier alpha value is -1.85. The fourth-order valence-electron chi connectivity index (χ4n) is 1.33. The zero-order valence-electron chi connectivity index (χ0n) is 9.67. The van der Waals surface area contributed by atoms with Crippen molar-refractivity contribution < 1.29 is 14.1 Å². The van der Waals surface area contributed by atoms with Crippen molar-refractivity contribution in [2.45, 2.75) is 6.61 Å². The van der Waals surface area contributed by atoms with Gasteiger partial charge in [-0.25, -0.2) is 10.2 Å². The summed E-state index contributed by atoms with van der Waals surface area (Å²) in [5.41, 5.74) is 1.84. The predicted molar refractivity (Wildman–Crippen MR) is 72.8 cm³/mol. The van der Waals surface area contributed by atoms with Gasteiger partial charge in [0, 0.05) is 0 Å². The number of halogens is 2. The fourth-order valence-corrected chi connectivity index (χ4v) is 2.43. The van der Waals surface area contributed by atoms with Gasteiger partial charge in [-0.15, -0.1) is 10.2 Å². The van der Waals surface area contributed by atoms with Crippen LogP contribution < -0.4 is 16.0 Å². The number of anilines is 1. The van der Waals surface area contributed by atoms with E-state index in [2.05, 4.69) is 31.6 Å². The number of hydrogen-bond acceptors (Lipinski definition) is 8. The van der Waals surface area contributed by atoms with Crippen LogP contribution in [0.3, 0.4) is 0 Å². The maximum absolute atomic E-state index is 13.1. The lowest BCUT2D eigenvalue weighted by atomic mass is 10.3. The van der Waals surface area contributed by atoms with Gasteiger partial charge in [0.1, 0.15) is 12.4 Å². The molecule has 0 amide bonds. The molecule has 11 heteroatoms. The number of nitro benzene ring substituents is 1. The number of nitrogens with two attached hydrogens (primary N) is 1. The SMILES string of the molecule is NNc1nnc(COc2c(Br)cc(F)cc2[N+](=O)[O-])s1. The van der Waals surface area contributed by atoms with E-state index < -0.39 is 16.4 Å². The minimum Gasteiger partial charge on any atom is -0.479 e. The number of nitrogen functional groups attached to an aromatic ring is 1. The second kappa shape index (κ2) is 6.07. The molecule has 1 aromatic heterocycles. The fraction of sp³-hybridized carbons (Fsp3) is 0.111. The van der Waals surface area contributed by atoms with Crippen molar-refractivity contribution in [2.24, 2.45) is 5.84 Å². The van der Waals surface area contributed by atoms with Crippen LogP contribution in [0.15, 0.2) is 16.6 Å². The van der Waals surface area contributed by atoms with Gasteiger partial charge in [-0.3, -0.25) is 15.5 Å². The van der Waals surface area contributed by atoms with Crippen LogP contribution in [0.2, 0.25) is 0 Å². The lowest BCUT2D eigenvalue weighted by Crippen LogP contribution is -2.05. The Morgan fingerprint density at radius 2 is 2.30 bits per heavy atom. The van der Waals surface area contributed by atoms with E-state index in [0.717, 1.165) is 23.5 Å². The van der Waals surface area contributed by atoms with Gasteiger partial charge in [0.05, 0.1) is 15.5 Å². The van der Waals surface area contributed by atoms with Crippen molar-refractivity contribution in [2.75, 3.05) is 5.43 Å². The van der Waals surface area contributed by atoms with E-state index in [1.807, 2.05) is 0 Å². The smallest absolute Gasteiger partial charge is 0.315 e. The summed E-state index contributed by atoms with van der Waals surface area (Å²) < 4.78 is 18.6. The molecule has 0 saturated heterocycles. The molecular weight excluding hydrogens is 357 g/mol. The van der Waals surface area contributed by atoms with Gasteiger partial charge in [0.2, 0.25) is 10.9 Å². The third kappa shape index (κ3) is 3.18. The summed E-state index contributed by atoms with van der Waals surface area (Å²) in [6, 6.07) is 1.86. The number of hydrogen-bond donors (Lipinski definition) is 2. The summed E-state index contributed by atoms with van der Waals surface area (Å²) in [6.07, 6.45) is 0. The zero-order chi connectivity index (χ0) is 14.7. The summed E-state index contributed by atoms with van der Waals surface area (Å²) in [4.78, 5) is 10.1. The molecule has 0 aliphatic carbocycles. The molecule has 106 valence electrons. The number of rotatable bonds is 5. The molecule has 8 nitrogen and oxygen atoms in total. The monoisotopic (exact) mass is 363 g/mol. The van der Waals surface area contributed by atoms with Crippen molar-refractivity contribution in [1.82, 2.24) is 10.2 Å². The molecule has 0 aliphatic heterocycles. The van der Waals surface area contributed by atoms with Gasteiger partial charge in [0.25, 0.3) is 0 Å². The van der Waals surface area contributed by atoms with E-state index in [4.69, 9.17) is 10.6 Å². The molecule has 20 heavy (non-hydrogen) atoms. The Bertz CT molecular complexity index is 653. The van der Waals surface area contributed by atoms with Gasteiger partial charge >= 0.3 is 5.69 Å². The minimum atomic E-state index is -0.735. The van der Waals surface area contributed by atoms with Crippen LogP contribution in [-0.4, -0.2) is 15.1 Å². The highest BCUT2D eigenvalue weighted by Gasteiger charge is 2.21. The summed E-state index contributed by atoms with van der Waals surface area (Å²) >= 11 is 4.16. The van der Waals surface area contributed by atoms with Crippen molar-refractivity contribution in [3.8, 4) is 5.75 Å². The number of aromatic nitrogens is 2. The number of nitrogens with zero attached hydrogens (tertiary/aromatic N) is 3. The van der Waals surface area contributed by atoms with Gasteiger partial charge in [0.15, 0.2) is 5.01 Å². The first kappa shape index (κ1) is 14.6. The van der Waals surface area contributed by atoms with E-state index in [-0.39, 0.29) is 16.8 Å². The molecule has 0 spiro atoms. The molecule has 0 bridgehead atoms. The van der Waals surface area contributed by atoms with Crippen LogP contribution in [0.25, 0.3) is 0 Å². The molecule has 0 atom stereocenters. The average Bonchev–Trinajstić information content (AvgIpc) is 2.84. The first-order valence-corrected chi connectivity index (χ1v) is 6.67. The summed E-state index contributed by atoms with van der Waals surface area (Å²) in [7, 11) is 0. The Morgan fingerprint density at radius 3 is 2.90 bits per heavy atom. The molecule has 0 radical (unpaired) electrons. The molecule has 0 aliphatic rings. The van der Waals surface area contributed by atoms with Crippen LogP contribution in [0.4, 0.5) is 15.2 Å². The highest BCUT2D eigenvalue weighted by atomic mass is 79.9. The van der Waals surface area contributed by atoms with Crippen molar-refractivity contribution in [3.05, 3.63) is 37.5 Å². The molecule has 3 N–H and O–H groups in total. The first-order valence-electron chi connectivity index (χ1n) is 5.06. The maximum atomic E-state index is 13.1. The van der Waals surface area contributed by atoms with Crippen molar-refractivity contribution in [3.63, 3.8) is 0 Å². The summed E-state index contributed by atoms with van der Waals surface area (Å²) in [5, 5.41) is 19.2. The van der Waals surface area contributed by atoms with Crippen molar-refractivity contribution >= 4 is 38.1 Å². The molecule has 2 rings (SSSR count). The average molecular weight is 364 g/mol. The number of hydrazine groups is 1. The topological polar surface area (TPSA) is 116 Å². The normalized spacial score (nSPS) is 10.3. The quantitative estimate of drug-likeness (QED) is 0.475. The maximum Gasteiger partial charge on any atom is 0.315 e. The molecule has 0 fully saturated rings. The zero-order valence-corrected chi connectivity index (χ0v) is 12.1. The minimum absolute atomic E-state index is 0.0512. The second-order valence-corrected chi connectivity index (χ2v) is 5.34. The van der Waals surface area contributed by atoms with Crippen LogP contribution in [-0.2, 0) is 6.61 Å². The van der Waals surface area contributed by atoms with E-state index in [0.29, 0.717) is 10.1 Å². The predicted octanol–water partition coefficient (Wildman–Crippen LogP) is 2.21. The Balaban J connectivity index is 2.22. The Labute approximate surface area is 124 Å². The van der Waals surface area contributed by atoms with E-state index in [1.54, 1.807) is 0 Å². The van der Waals surface area contributed by atoms with Crippen LogP contribution in [0.5, 0.6) is 5.75 Å². The van der Waals surface area contributed by atoms with E-state index in [9.17, 15) is 14.5 Å². The molecule has 2 aromatic rings. The van der Waals surface area contributed by atoms with E-state index in [1.165, 1.54) is 0 Å². The lowest BCUT2D eigenvalue weighted by Gasteiger charge is -2.07. The molecular formula is C9H7BrFN5O3S. The second-order valence-electron chi connectivity index (χ2n) is 3.43. The van der Waals surface area contributed by atoms with Crippen LogP contribution >= 0.6 is 27.3 Å². The number of benzene rings is 1. The van der Waals surface area contributed by atoms with E-state index >= 15 is 0 Å². The third-order valence-corrected chi connectivity index (χ3v) is 3.53. The summed E-state index contributed by atoms with van der Waals surface area (Å²) in [5.74, 6) is 4.34. The molecule has 1 heterocycles. The number of nitrogens with one attached hydrogen (secondary N) is 1. The number of nitro groups is 1. The number of ether oxygens (including phenoxy) is 1. The van der Waals surface area contributed by atoms with Gasteiger partial charge in [-0.2, -0.15) is 0 Å². The standard InChI is InChI=1S/C9H7BrFN5O3S/c10-5-1-4(11)2-6(16(17)18)8(5)19-3-7-14-15-9(13-12)20-7/h1-2H,3,12H2,(H,13,15). The van der Waals surface area contributed by atoms with Crippen LogP contribution in [0, 0.1) is 15.9 Å². The molecule has 0 saturated carbocycles. The Kier molecular flexibility index (Phi) is 4.42. The largest absolute Gasteiger partial charge is 0.479 e. The highest BCUT2D eigenvalue weighted by molar-refractivity contribution is 9.10. The lowest BCUT2D eigenvalue weighted by molar-refractivity contribution is -0.386. The van der Waals surface area contributed by atoms with Crippen molar-refractivity contribution in [1.29, 1.82) is 0 Å². The van der Waals surface area contributed by atoms with Gasteiger partial charge in [-0.1, -0.05) is 11.3 Å². The summed E-state index contributed by atoms with van der Waals surface area (Å²) in [6.45, 7) is -0.0512. The molecule has 1 aromatic carbocycles. The molecule has 0 unspecified atom stereocenters.